The van der Waals surface area contributed by atoms with Gasteiger partial charge in [-0.2, -0.15) is 4.31 Å². The van der Waals surface area contributed by atoms with Crippen molar-refractivity contribution in [2.45, 2.75) is 4.90 Å². The summed E-state index contributed by atoms with van der Waals surface area (Å²) in [6, 6.07) is 16.4. The molecule has 0 atom stereocenters. The van der Waals surface area contributed by atoms with Gasteiger partial charge in [0.15, 0.2) is 0 Å². The molecule has 168 valence electrons. The Kier molecular flexibility index (Phi) is 5.65. The van der Waals surface area contributed by atoms with E-state index in [4.69, 9.17) is 11.6 Å². The van der Waals surface area contributed by atoms with E-state index in [1.54, 1.807) is 47.6 Å². The van der Waals surface area contributed by atoms with Crippen molar-refractivity contribution < 1.29 is 13.2 Å². The lowest BCUT2D eigenvalue weighted by atomic mass is 10.0. The van der Waals surface area contributed by atoms with Gasteiger partial charge in [-0.25, -0.2) is 8.42 Å². The molecule has 2 aromatic heterocycles. The molecule has 1 N–H and O–H groups in total. The van der Waals surface area contributed by atoms with Gasteiger partial charge in [0, 0.05) is 66.3 Å². The molecule has 0 radical (unpaired) electrons. The number of aromatic amines is 1. The van der Waals surface area contributed by atoms with E-state index in [0.717, 1.165) is 11.1 Å². The quantitative estimate of drug-likeness (QED) is 0.477. The molecule has 1 amide bonds. The van der Waals surface area contributed by atoms with Gasteiger partial charge in [-0.3, -0.25) is 9.78 Å². The first-order valence-corrected chi connectivity index (χ1v) is 12.3. The van der Waals surface area contributed by atoms with Crippen LogP contribution in [0, 0.1) is 0 Å². The SMILES string of the molecule is O=C(c1ccc(-c2ccncc2)cc1)N1CCN(S(=O)(=O)c2c[nH]c3ccc(Cl)cc23)CC1. The van der Waals surface area contributed by atoms with Gasteiger partial charge in [0.1, 0.15) is 4.90 Å². The Labute approximate surface area is 196 Å². The lowest BCUT2D eigenvalue weighted by molar-refractivity contribution is 0.0698. The number of piperazine rings is 1. The van der Waals surface area contributed by atoms with Gasteiger partial charge in [0.25, 0.3) is 5.91 Å². The van der Waals surface area contributed by atoms with Crippen molar-refractivity contribution in [2.75, 3.05) is 26.2 Å². The van der Waals surface area contributed by atoms with Crippen LogP contribution in [0.15, 0.2) is 78.1 Å². The van der Waals surface area contributed by atoms with Crippen LogP contribution in [0.2, 0.25) is 5.02 Å². The second kappa shape index (κ2) is 8.62. The van der Waals surface area contributed by atoms with E-state index in [0.29, 0.717) is 34.6 Å². The number of carbonyl (C=O) groups excluding carboxylic acids is 1. The number of nitrogens with one attached hydrogen (secondary N) is 1. The van der Waals surface area contributed by atoms with Crippen LogP contribution < -0.4 is 0 Å². The van der Waals surface area contributed by atoms with Crippen LogP contribution in [0.1, 0.15) is 10.4 Å². The Balaban J connectivity index is 1.28. The van der Waals surface area contributed by atoms with Crippen molar-refractivity contribution in [1.29, 1.82) is 0 Å². The fourth-order valence-corrected chi connectivity index (χ4v) is 5.83. The molecule has 0 spiro atoms. The van der Waals surface area contributed by atoms with Crippen molar-refractivity contribution in [3.05, 3.63) is 83.8 Å². The van der Waals surface area contributed by atoms with E-state index in [9.17, 15) is 13.2 Å². The summed E-state index contributed by atoms with van der Waals surface area (Å²) in [5, 5.41) is 1.04. The number of hydrogen-bond acceptors (Lipinski definition) is 4. The van der Waals surface area contributed by atoms with Crippen LogP contribution >= 0.6 is 11.6 Å². The zero-order valence-electron chi connectivity index (χ0n) is 17.6. The summed E-state index contributed by atoms with van der Waals surface area (Å²) in [6.07, 6.45) is 4.96. The Hall–Kier alpha value is -3.20. The van der Waals surface area contributed by atoms with Gasteiger partial charge in [0.05, 0.1) is 0 Å². The van der Waals surface area contributed by atoms with Crippen LogP contribution in [0.4, 0.5) is 0 Å². The molecule has 0 unspecified atom stereocenters. The molecule has 7 nitrogen and oxygen atoms in total. The molecule has 0 bridgehead atoms. The smallest absolute Gasteiger partial charge is 0.253 e. The maximum Gasteiger partial charge on any atom is 0.253 e. The highest BCUT2D eigenvalue weighted by atomic mass is 35.5. The van der Waals surface area contributed by atoms with Crippen molar-refractivity contribution in [1.82, 2.24) is 19.2 Å². The zero-order chi connectivity index (χ0) is 23.0. The number of sulfonamides is 1. The number of halogens is 1. The normalized spacial score (nSPS) is 15.1. The first-order valence-electron chi connectivity index (χ1n) is 10.5. The number of rotatable bonds is 4. The maximum absolute atomic E-state index is 13.2. The first-order chi connectivity index (χ1) is 15.9. The predicted molar refractivity (Wildman–Crippen MR) is 128 cm³/mol. The Morgan fingerprint density at radius 3 is 2.27 bits per heavy atom. The number of nitrogens with zero attached hydrogens (tertiary/aromatic N) is 3. The molecule has 2 aromatic carbocycles. The predicted octanol–water partition coefficient (Wildman–Crippen LogP) is 4.03. The molecule has 0 aliphatic carbocycles. The van der Waals surface area contributed by atoms with Gasteiger partial charge < -0.3 is 9.88 Å². The van der Waals surface area contributed by atoms with Crippen molar-refractivity contribution in [3.8, 4) is 11.1 Å². The van der Waals surface area contributed by atoms with Crippen LogP contribution in [-0.4, -0.2) is 59.7 Å². The average molecular weight is 481 g/mol. The van der Waals surface area contributed by atoms with Crippen LogP contribution in [0.3, 0.4) is 0 Å². The monoisotopic (exact) mass is 480 g/mol. The fraction of sp³-hybridized carbons (Fsp3) is 0.167. The number of aromatic nitrogens is 2. The van der Waals surface area contributed by atoms with E-state index in [1.165, 1.54) is 10.5 Å². The molecule has 4 aromatic rings. The van der Waals surface area contributed by atoms with Gasteiger partial charge in [-0.1, -0.05) is 23.7 Å². The fourth-order valence-electron chi connectivity index (χ4n) is 4.08. The molecule has 1 aliphatic rings. The summed E-state index contributed by atoms with van der Waals surface area (Å²) in [4.78, 5) is 21.9. The number of amides is 1. The third-order valence-electron chi connectivity index (χ3n) is 5.90. The molecule has 5 rings (SSSR count). The molecular weight excluding hydrogens is 460 g/mol. The van der Waals surface area contributed by atoms with E-state index in [-0.39, 0.29) is 23.9 Å². The molecular formula is C24H21ClN4O3S. The standard InChI is InChI=1S/C24H21ClN4O3S/c25-20-5-6-22-21(15-20)23(16-27-22)33(31,32)29-13-11-28(12-14-29)24(30)19-3-1-17(2-4-19)18-7-9-26-10-8-18/h1-10,15-16,27H,11-14H2. The van der Waals surface area contributed by atoms with E-state index in [2.05, 4.69) is 9.97 Å². The van der Waals surface area contributed by atoms with Gasteiger partial charge in [-0.05, 0) is 53.6 Å². The largest absolute Gasteiger partial charge is 0.360 e. The minimum Gasteiger partial charge on any atom is -0.360 e. The summed E-state index contributed by atoms with van der Waals surface area (Å²) in [5.74, 6) is -0.104. The van der Waals surface area contributed by atoms with Gasteiger partial charge in [-0.15, -0.1) is 0 Å². The molecule has 33 heavy (non-hydrogen) atoms. The summed E-state index contributed by atoms with van der Waals surface area (Å²) in [7, 11) is -3.71. The molecule has 3 heterocycles. The Morgan fingerprint density at radius 1 is 0.909 bits per heavy atom. The van der Waals surface area contributed by atoms with Gasteiger partial charge >= 0.3 is 0 Å². The van der Waals surface area contributed by atoms with Crippen LogP contribution in [0.25, 0.3) is 22.0 Å². The highest BCUT2D eigenvalue weighted by molar-refractivity contribution is 7.89. The molecule has 1 fully saturated rings. The molecule has 9 heteroatoms. The van der Waals surface area contributed by atoms with E-state index >= 15 is 0 Å². The highest BCUT2D eigenvalue weighted by Gasteiger charge is 2.32. The second-order valence-electron chi connectivity index (χ2n) is 7.85. The number of hydrogen-bond donors (Lipinski definition) is 1. The van der Waals surface area contributed by atoms with Gasteiger partial charge in [0.2, 0.25) is 10.0 Å². The number of H-pyrrole nitrogens is 1. The number of benzene rings is 2. The zero-order valence-corrected chi connectivity index (χ0v) is 19.2. The third-order valence-corrected chi connectivity index (χ3v) is 8.07. The average Bonchev–Trinajstić information content (AvgIpc) is 3.28. The first kappa shape index (κ1) is 21.6. The maximum atomic E-state index is 13.2. The Morgan fingerprint density at radius 2 is 1.58 bits per heavy atom. The minimum absolute atomic E-state index is 0.104. The lowest BCUT2D eigenvalue weighted by Crippen LogP contribution is -2.50. The minimum atomic E-state index is -3.71. The second-order valence-corrected chi connectivity index (χ2v) is 10.2. The topological polar surface area (TPSA) is 86.4 Å². The number of pyridine rings is 1. The molecule has 1 aliphatic heterocycles. The Bertz CT molecular complexity index is 1410. The summed E-state index contributed by atoms with van der Waals surface area (Å²) in [6.45, 7) is 1.12. The van der Waals surface area contributed by atoms with Crippen molar-refractivity contribution in [2.24, 2.45) is 0 Å². The highest BCUT2D eigenvalue weighted by Crippen LogP contribution is 2.29. The van der Waals surface area contributed by atoms with Crippen molar-refractivity contribution in [3.63, 3.8) is 0 Å². The lowest BCUT2D eigenvalue weighted by Gasteiger charge is -2.34. The molecule has 1 saturated heterocycles. The van der Waals surface area contributed by atoms with Crippen LogP contribution in [0.5, 0.6) is 0 Å². The van der Waals surface area contributed by atoms with E-state index < -0.39 is 10.0 Å². The number of fused-ring (bicyclic) bond motifs is 1. The van der Waals surface area contributed by atoms with Crippen molar-refractivity contribution >= 4 is 38.4 Å². The number of carbonyl (C=O) groups is 1. The summed E-state index contributed by atoms with van der Waals surface area (Å²) < 4.78 is 27.9. The van der Waals surface area contributed by atoms with Crippen LogP contribution in [-0.2, 0) is 10.0 Å². The third kappa shape index (κ3) is 4.13. The molecule has 0 saturated carbocycles. The van der Waals surface area contributed by atoms with E-state index in [1.807, 2.05) is 24.3 Å². The summed E-state index contributed by atoms with van der Waals surface area (Å²) >= 11 is 6.07. The summed E-state index contributed by atoms with van der Waals surface area (Å²) in [5.41, 5.74) is 3.32.